The molecule has 1 aliphatic heterocycles. The Kier molecular flexibility index (Phi) is 5.42. The monoisotopic (exact) mass is 425 g/mol. The van der Waals surface area contributed by atoms with Gasteiger partial charge in [0.25, 0.3) is 0 Å². The highest BCUT2D eigenvalue weighted by Crippen LogP contribution is 2.41. The first-order chi connectivity index (χ1) is 13.0. The molecular weight excluding hydrogens is 406 g/mol. The standard InChI is InChI=1S/C19H20ClNO6S/c1-19(2)10-15(21-28(25,26)13-6-4-12(20)5-7-13)14-8-3-11(9-16(14)27-19)17(22)18(23)24/h3-9,15,17,21-22H,10H2,1-2H3,(H,23,24). The third kappa shape index (κ3) is 4.30. The van der Waals surface area contributed by atoms with E-state index in [1.54, 1.807) is 19.9 Å². The average molecular weight is 426 g/mol. The van der Waals surface area contributed by atoms with Crippen LogP contribution in [0.3, 0.4) is 0 Å². The van der Waals surface area contributed by atoms with Crippen LogP contribution in [0, 0.1) is 0 Å². The summed E-state index contributed by atoms with van der Waals surface area (Å²) in [4.78, 5) is 11.1. The molecule has 0 saturated carbocycles. The SMILES string of the molecule is CC1(C)CC(NS(=O)(=O)c2ccc(Cl)cc2)c2ccc(C(O)C(=O)O)cc2O1. The van der Waals surface area contributed by atoms with Crippen LogP contribution in [0.15, 0.2) is 47.4 Å². The van der Waals surface area contributed by atoms with Gasteiger partial charge in [-0.3, -0.25) is 0 Å². The van der Waals surface area contributed by atoms with Gasteiger partial charge in [-0.15, -0.1) is 0 Å². The van der Waals surface area contributed by atoms with E-state index in [4.69, 9.17) is 21.4 Å². The number of aliphatic hydroxyl groups excluding tert-OH is 1. The molecule has 0 spiro atoms. The molecule has 0 saturated heterocycles. The number of fused-ring (bicyclic) bond motifs is 1. The zero-order chi connectivity index (χ0) is 20.7. The number of rotatable bonds is 5. The lowest BCUT2D eigenvalue weighted by Crippen LogP contribution is -2.41. The Hall–Kier alpha value is -2.13. The van der Waals surface area contributed by atoms with Crippen LogP contribution in [-0.4, -0.2) is 30.2 Å². The van der Waals surface area contributed by atoms with Crippen molar-refractivity contribution in [2.75, 3.05) is 0 Å². The number of aliphatic hydroxyl groups is 1. The lowest BCUT2D eigenvalue weighted by Gasteiger charge is -2.38. The van der Waals surface area contributed by atoms with Gasteiger partial charge in [-0.05, 0) is 49.7 Å². The Balaban J connectivity index is 1.97. The summed E-state index contributed by atoms with van der Waals surface area (Å²) in [6.07, 6.45) is -1.32. The van der Waals surface area contributed by atoms with Crippen LogP contribution in [0.1, 0.15) is 43.5 Å². The van der Waals surface area contributed by atoms with Crippen LogP contribution in [0.5, 0.6) is 5.75 Å². The first-order valence-electron chi connectivity index (χ1n) is 8.50. The topological polar surface area (TPSA) is 113 Å². The van der Waals surface area contributed by atoms with Crippen LogP contribution in [0.2, 0.25) is 5.02 Å². The number of halogens is 1. The van der Waals surface area contributed by atoms with Crippen LogP contribution in [-0.2, 0) is 14.8 Å². The summed E-state index contributed by atoms with van der Waals surface area (Å²) < 4.78 is 34.2. The number of carboxylic acid groups (broad SMARTS) is 1. The number of hydrogen-bond acceptors (Lipinski definition) is 5. The summed E-state index contributed by atoms with van der Waals surface area (Å²) >= 11 is 5.83. The van der Waals surface area contributed by atoms with Crippen molar-refractivity contribution in [2.45, 2.75) is 42.9 Å². The fourth-order valence-electron chi connectivity index (χ4n) is 3.15. The number of benzene rings is 2. The molecule has 150 valence electrons. The molecule has 2 unspecified atom stereocenters. The molecule has 28 heavy (non-hydrogen) atoms. The van der Waals surface area contributed by atoms with E-state index < -0.39 is 33.7 Å². The minimum absolute atomic E-state index is 0.0840. The second-order valence-corrected chi connectivity index (χ2v) is 9.38. The van der Waals surface area contributed by atoms with Crippen molar-refractivity contribution in [3.63, 3.8) is 0 Å². The second-order valence-electron chi connectivity index (χ2n) is 7.23. The Morgan fingerprint density at radius 1 is 1.25 bits per heavy atom. The molecule has 0 amide bonds. The van der Waals surface area contributed by atoms with Crippen molar-refractivity contribution >= 4 is 27.6 Å². The molecule has 3 N–H and O–H groups in total. The normalized spacial score (nSPS) is 19.4. The van der Waals surface area contributed by atoms with Crippen molar-refractivity contribution in [2.24, 2.45) is 0 Å². The first-order valence-corrected chi connectivity index (χ1v) is 10.4. The maximum absolute atomic E-state index is 12.8. The maximum Gasteiger partial charge on any atom is 0.337 e. The molecule has 0 radical (unpaired) electrons. The van der Waals surface area contributed by atoms with Crippen molar-refractivity contribution in [1.29, 1.82) is 0 Å². The largest absolute Gasteiger partial charge is 0.487 e. The fraction of sp³-hybridized carbons (Fsp3) is 0.316. The van der Waals surface area contributed by atoms with Gasteiger partial charge in [0.05, 0.1) is 10.9 Å². The Bertz CT molecular complexity index is 1000. The molecule has 0 fully saturated rings. The minimum Gasteiger partial charge on any atom is -0.487 e. The van der Waals surface area contributed by atoms with E-state index in [9.17, 15) is 18.3 Å². The summed E-state index contributed by atoms with van der Waals surface area (Å²) in [6, 6.07) is 9.69. The van der Waals surface area contributed by atoms with E-state index >= 15 is 0 Å². The number of aliphatic carboxylic acids is 1. The molecule has 2 aromatic rings. The predicted octanol–water partition coefficient (Wildman–Crippen LogP) is 3.04. The zero-order valence-corrected chi connectivity index (χ0v) is 16.8. The number of hydrogen-bond donors (Lipinski definition) is 3. The van der Waals surface area contributed by atoms with Gasteiger partial charge in [0.15, 0.2) is 6.10 Å². The Labute approximate surface area is 168 Å². The maximum atomic E-state index is 12.8. The molecule has 2 aromatic carbocycles. The van der Waals surface area contributed by atoms with Crippen LogP contribution in [0.4, 0.5) is 0 Å². The van der Waals surface area contributed by atoms with Gasteiger partial charge in [-0.25, -0.2) is 17.9 Å². The number of carboxylic acids is 1. The molecule has 1 aliphatic rings. The van der Waals surface area contributed by atoms with Gasteiger partial charge in [0.2, 0.25) is 10.0 Å². The summed E-state index contributed by atoms with van der Waals surface area (Å²) in [5, 5.41) is 19.2. The molecule has 0 aromatic heterocycles. The number of nitrogens with one attached hydrogen (secondary N) is 1. The van der Waals surface area contributed by atoms with Gasteiger partial charge in [-0.2, -0.15) is 0 Å². The van der Waals surface area contributed by atoms with Crippen molar-refractivity contribution in [1.82, 2.24) is 4.72 Å². The molecule has 3 rings (SSSR count). The van der Waals surface area contributed by atoms with Crippen LogP contribution >= 0.6 is 11.6 Å². The summed E-state index contributed by atoms with van der Waals surface area (Å²) in [5.74, 6) is -1.05. The smallest absolute Gasteiger partial charge is 0.337 e. The molecule has 2 atom stereocenters. The molecule has 7 nitrogen and oxygen atoms in total. The van der Waals surface area contributed by atoms with Gasteiger partial charge < -0.3 is 14.9 Å². The second kappa shape index (κ2) is 7.36. The average Bonchev–Trinajstić information content (AvgIpc) is 2.59. The molecular formula is C19H20ClNO6S. The van der Waals surface area contributed by atoms with Gasteiger partial charge in [0.1, 0.15) is 11.4 Å². The van der Waals surface area contributed by atoms with Crippen molar-refractivity contribution in [3.8, 4) is 5.75 Å². The third-order valence-corrected chi connectivity index (χ3v) is 6.21. The van der Waals surface area contributed by atoms with Gasteiger partial charge >= 0.3 is 5.97 Å². The molecule has 9 heteroatoms. The van der Waals surface area contributed by atoms with E-state index in [2.05, 4.69) is 4.72 Å². The van der Waals surface area contributed by atoms with E-state index in [-0.39, 0.29) is 10.5 Å². The lowest BCUT2D eigenvalue weighted by molar-refractivity contribution is -0.146. The van der Waals surface area contributed by atoms with Crippen LogP contribution < -0.4 is 9.46 Å². The van der Waals surface area contributed by atoms with Gasteiger partial charge in [-0.1, -0.05) is 23.7 Å². The van der Waals surface area contributed by atoms with Crippen LogP contribution in [0.25, 0.3) is 0 Å². The summed E-state index contributed by atoms with van der Waals surface area (Å²) in [6.45, 7) is 3.61. The lowest BCUT2D eigenvalue weighted by atomic mass is 9.89. The van der Waals surface area contributed by atoms with E-state index in [0.29, 0.717) is 22.8 Å². The van der Waals surface area contributed by atoms with Crippen molar-refractivity contribution in [3.05, 3.63) is 58.6 Å². The molecule has 0 bridgehead atoms. The van der Waals surface area contributed by atoms with E-state index in [0.717, 1.165) is 0 Å². The van der Waals surface area contributed by atoms with E-state index in [1.807, 2.05) is 0 Å². The Morgan fingerprint density at radius 2 is 1.89 bits per heavy atom. The third-order valence-electron chi connectivity index (χ3n) is 4.47. The highest BCUT2D eigenvalue weighted by molar-refractivity contribution is 7.89. The Morgan fingerprint density at radius 3 is 2.50 bits per heavy atom. The number of ether oxygens (including phenoxy) is 1. The number of sulfonamides is 1. The molecule has 1 heterocycles. The minimum atomic E-state index is -3.82. The summed E-state index contributed by atoms with van der Waals surface area (Å²) in [5.41, 5.74) is 0.0222. The first kappa shape index (κ1) is 20.6. The fourth-order valence-corrected chi connectivity index (χ4v) is 4.50. The molecule has 0 aliphatic carbocycles. The van der Waals surface area contributed by atoms with Gasteiger partial charge in [0, 0.05) is 17.0 Å². The predicted molar refractivity (Wildman–Crippen MR) is 103 cm³/mol. The van der Waals surface area contributed by atoms with Crippen molar-refractivity contribution < 1.29 is 28.2 Å². The quantitative estimate of drug-likeness (QED) is 0.678. The van der Waals surface area contributed by atoms with E-state index in [1.165, 1.54) is 36.4 Å². The summed E-state index contributed by atoms with van der Waals surface area (Å²) in [7, 11) is -3.82. The number of carbonyl (C=O) groups is 1. The zero-order valence-electron chi connectivity index (χ0n) is 15.2. The highest BCUT2D eigenvalue weighted by atomic mass is 35.5. The highest BCUT2D eigenvalue weighted by Gasteiger charge is 2.36.